The Kier molecular flexibility index (Phi) is 3.92. The van der Waals surface area contributed by atoms with E-state index in [1.165, 1.54) is 10.5 Å². The summed E-state index contributed by atoms with van der Waals surface area (Å²) in [6.07, 6.45) is 1.94. The number of nitrogens with one attached hydrogen (secondary N) is 1. The molecule has 0 bridgehead atoms. The summed E-state index contributed by atoms with van der Waals surface area (Å²) in [5.74, 6) is 0.184. The lowest BCUT2D eigenvalue weighted by Crippen LogP contribution is -2.24. The molecule has 1 aromatic carbocycles. The molecular formula is C13H12N4O2S. The van der Waals surface area contributed by atoms with Crippen molar-refractivity contribution in [3.8, 4) is 12.1 Å². The molecule has 0 atom stereocenters. The van der Waals surface area contributed by atoms with Gasteiger partial charge in [-0.3, -0.25) is 4.31 Å². The first kappa shape index (κ1) is 13.9. The molecular weight excluding hydrogens is 276 g/mol. The number of nitriles is 2. The van der Waals surface area contributed by atoms with E-state index in [0.29, 0.717) is 24.3 Å². The maximum Gasteiger partial charge on any atom is 0.235 e. The van der Waals surface area contributed by atoms with Crippen molar-refractivity contribution in [1.29, 1.82) is 10.5 Å². The van der Waals surface area contributed by atoms with Gasteiger partial charge >= 0.3 is 0 Å². The maximum absolute atomic E-state index is 11.8. The predicted octanol–water partition coefficient (Wildman–Crippen LogP) is 1.57. The number of nitrogens with zero attached hydrogens (tertiary/aromatic N) is 3. The zero-order chi connectivity index (χ0) is 14.6. The molecule has 0 amide bonds. The van der Waals surface area contributed by atoms with E-state index in [1.807, 2.05) is 0 Å². The van der Waals surface area contributed by atoms with Crippen LogP contribution in [0.15, 0.2) is 36.0 Å². The van der Waals surface area contributed by atoms with E-state index >= 15 is 0 Å². The van der Waals surface area contributed by atoms with Gasteiger partial charge in [0.25, 0.3) is 0 Å². The van der Waals surface area contributed by atoms with Crippen molar-refractivity contribution in [2.24, 2.45) is 0 Å². The van der Waals surface area contributed by atoms with Crippen LogP contribution in [0.2, 0.25) is 0 Å². The Labute approximate surface area is 117 Å². The van der Waals surface area contributed by atoms with Gasteiger partial charge in [-0.15, -0.1) is 0 Å². The Hall–Kier alpha value is -2.51. The van der Waals surface area contributed by atoms with Crippen molar-refractivity contribution in [1.82, 2.24) is 0 Å². The first-order chi connectivity index (χ1) is 9.56. The highest BCUT2D eigenvalue weighted by Crippen LogP contribution is 2.25. The van der Waals surface area contributed by atoms with Crippen LogP contribution >= 0.6 is 0 Å². The normalized spacial score (nSPS) is 16.0. The third kappa shape index (κ3) is 2.90. The summed E-state index contributed by atoms with van der Waals surface area (Å²) >= 11 is 0. The van der Waals surface area contributed by atoms with E-state index in [9.17, 15) is 8.42 Å². The van der Waals surface area contributed by atoms with Crippen molar-refractivity contribution in [2.75, 3.05) is 21.9 Å². The van der Waals surface area contributed by atoms with Crippen molar-refractivity contribution < 1.29 is 8.42 Å². The second-order valence-corrected chi connectivity index (χ2v) is 6.23. The summed E-state index contributed by atoms with van der Waals surface area (Å²) in [6, 6.07) is 10.3. The third-order valence-corrected chi connectivity index (χ3v) is 4.75. The van der Waals surface area contributed by atoms with Crippen molar-refractivity contribution in [3.05, 3.63) is 36.0 Å². The Morgan fingerprint density at radius 2 is 1.90 bits per heavy atom. The Morgan fingerprint density at radius 3 is 2.40 bits per heavy atom. The van der Waals surface area contributed by atoms with Crippen LogP contribution in [0.1, 0.15) is 6.42 Å². The van der Waals surface area contributed by atoms with Crippen molar-refractivity contribution >= 4 is 21.4 Å². The van der Waals surface area contributed by atoms with Gasteiger partial charge in [0.15, 0.2) is 0 Å². The molecule has 6 nitrogen and oxygen atoms in total. The predicted molar refractivity (Wildman–Crippen MR) is 75.1 cm³/mol. The standard InChI is InChI=1S/C13H12N4O2S/c14-8-11(9-15)10-16-12-2-4-13(5-3-12)17-6-1-7-20(17,18)19/h2-5,10,16H,1,6-7H2. The number of rotatable bonds is 3. The average Bonchev–Trinajstić information content (AvgIpc) is 2.80. The topological polar surface area (TPSA) is 97.0 Å². The van der Waals surface area contributed by atoms with E-state index in [0.717, 1.165) is 0 Å². The molecule has 7 heteroatoms. The highest BCUT2D eigenvalue weighted by molar-refractivity contribution is 7.93. The van der Waals surface area contributed by atoms with E-state index < -0.39 is 10.0 Å². The molecule has 0 radical (unpaired) electrons. The molecule has 1 aliphatic rings. The molecule has 102 valence electrons. The number of hydrogen-bond donors (Lipinski definition) is 1. The zero-order valence-electron chi connectivity index (χ0n) is 10.6. The Bertz CT molecular complexity index is 692. The summed E-state index contributed by atoms with van der Waals surface area (Å²) in [5, 5.41) is 20.0. The zero-order valence-corrected chi connectivity index (χ0v) is 11.4. The van der Waals surface area contributed by atoms with Gasteiger partial charge in [-0.2, -0.15) is 10.5 Å². The fraction of sp³-hybridized carbons (Fsp3) is 0.231. The van der Waals surface area contributed by atoms with Gasteiger partial charge < -0.3 is 5.32 Å². The molecule has 1 N–H and O–H groups in total. The number of benzene rings is 1. The van der Waals surface area contributed by atoms with Crippen LogP contribution in [0.25, 0.3) is 0 Å². The smallest absolute Gasteiger partial charge is 0.235 e. The second kappa shape index (κ2) is 5.64. The molecule has 1 aliphatic heterocycles. The monoisotopic (exact) mass is 288 g/mol. The van der Waals surface area contributed by atoms with Crippen LogP contribution in [0.3, 0.4) is 0 Å². The molecule has 0 spiro atoms. The van der Waals surface area contributed by atoms with Gasteiger partial charge in [-0.05, 0) is 30.7 Å². The summed E-state index contributed by atoms with van der Waals surface area (Å²) < 4.78 is 24.9. The van der Waals surface area contributed by atoms with Crippen LogP contribution < -0.4 is 9.62 Å². The highest BCUT2D eigenvalue weighted by Gasteiger charge is 2.28. The Balaban J connectivity index is 2.14. The van der Waals surface area contributed by atoms with E-state index in [-0.39, 0.29) is 11.3 Å². The summed E-state index contributed by atoms with van der Waals surface area (Å²) in [7, 11) is -3.17. The number of sulfonamides is 1. The highest BCUT2D eigenvalue weighted by atomic mass is 32.2. The van der Waals surface area contributed by atoms with Gasteiger partial charge in [0.05, 0.1) is 11.4 Å². The van der Waals surface area contributed by atoms with E-state index in [2.05, 4.69) is 5.32 Å². The third-order valence-electron chi connectivity index (χ3n) is 2.88. The average molecular weight is 288 g/mol. The molecule has 1 saturated heterocycles. The SMILES string of the molecule is N#CC(C#N)=CNc1ccc(N2CCCS2(=O)=O)cc1. The number of anilines is 2. The van der Waals surface area contributed by atoms with Gasteiger partial charge in [-0.1, -0.05) is 0 Å². The Morgan fingerprint density at radius 1 is 1.25 bits per heavy atom. The minimum Gasteiger partial charge on any atom is -0.360 e. The maximum atomic E-state index is 11.8. The van der Waals surface area contributed by atoms with Gasteiger partial charge in [-0.25, -0.2) is 8.42 Å². The van der Waals surface area contributed by atoms with Crippen LogP contribution in [0.5, 0.6) is 0 Å². The number of allylic oxidation sites excluding steroid dienone is 1. The lowest BCUT2D eigenvalue weighted by Gasteiger charge is -2.17. The van der Waals surface area contributed by atoms with Crippen LogP contribution in [0, 0.1) is 22.7 Å². The summed E-state index contributed by atoms with van der Waals surface area (Å²) in [6.45, 7) is 0.502. The van der Waals surface area contributed by atoms with Gasteiger partial charge in [0, 0.05) is 18.4 Å². The van der Waals surface area contributed by atoms with Gasteiger partial charge in [0.1, 0.15) is 17.7 Å². The summed E-state index contributed by atoms with van der Waals surface area (Å²) in [4.78, 5) is 0. The molecule has 1 aromatic rings. The largest absolute Gasteiger partial charge is 0.360 e. The minimum absolute atomic E-state index is 0.0313. The summed E-state index contributed by atoms with van der Waals surface area (Å²) in [5.41, 5.74) is 1.27. The quantitative estimate of drug-likeness (QED) is 0.851. The van der Waals surface area contributed by atoms with E-state index in [1.54, 1.807) is 36.4 Å². The molecule has 0 aliphatic carbocycles. The molecule has 1 fully saturated rings. The first-order valence-electron chi connectivity index (χ1n) is 5.94. The van der Waals surface area contributed by atoms with Crippen molar-refractivity contribution in [3.63, 3.8) is 0 Å². The fourth-order valence-electron chi connectivity index (χ4n) is 1.90. The molecule has 0 unspecified atom stereocenters. The molecule has 20 heavy (non-hydrogen) atoms. The number of hydrogen-bond acceptors (Lipinski definition) is 5. The van der Waals surface area contributed by atoms with Crippen LogP contribution in [-0.4, -0.2) is 20.7 Å². The van der Waals surface area contributed by atoms with Gasteiger partial charge in [0.2, 0.25) is 10.0 Å². The lowest BCUT2D eigenvalue weighted by atomic mass is 10.2. The van der Waals surface area contributed by atoms with E-state index in [4.69, 9.17) is 10.5 Å². The minimum atomic E-state index is -3.17. The molecule has 2 rings (SSSR count). The molecule has 1 heterocycles. The second-order valence-electron chi connectivity index (χ2n) is 4.21. The first-order valence-corrected chi connectivity index (χ1v) is 7.55. The van der Waals surface area contributed by atoms with Crippen LogP contribution in [0.4, 0.5) is 11.4 Å². The van der Waals surface area contributed by atoms with Crippen LogP contribution in [-0.2, 0) is 10.0 Å². The van der Waals surface area contributed by atoms with Crippen molar-refractivity contribution in [2.45, 2.75) is 6.42 Å². The molecule has 0 saturated carbocycles. The molecule has 0 aromatic heterocycles. The fourth-order valence-corrected chi connectivity index (χ4v) is 3.46. The lowest BCUT2D eigenvalue weighted by molar-refractivity contribution is 0.599.